The van der Waals surface area contributed by atoms with Crippen molar-refractivity contribution in [2.75, 3.05) is 31.0 Å². The van der Waals surface area contributed by atoms with Crippen LogP contribution in [0.5, 0.6) is 5.75 Å². The number of halogens is 2. The van der Waals surface area contributed by atoms with E-state index in [0.29, 0.717) is 11.3 Å². The number of carbonyl (C=O) groups is 1. The second-order valence-corrected chi connectivity index (χ2v) is 21.8. The number of esters is 1. The summed E-state index contributed by atoms with van der Waals surface area (Å²) in [6.45, 7) is -3.55. The molecule has 0 spiro atoms. The Hall–Kier alpha value is -4.42. The SMILES string of the molecule is CCCCCCCCCC(=O)Oc1ccc(CSP2(=O)CO[C@H]3[C@@H](F)[C@H](n4cnc5c(N)ncnc54)O[C@@H]3COP(=O)(O)O[C@@H]3[C@H](F)[C@H](CO2)O[C@H]3n2cnc3c(=O)[nH]c(N)nc32)cc1. The summed E-state index contributed by atoms with van der Waals surface area (Å²) in [5.74, 6) is -0.281. The van der Waals surface area contributed by atoms with Gasteiger partial charge in [0.05, 0.1) is 25.9 Å². The molecule has 65 heavy (non-hydrogen) atoms. The van der Waals surface area contributed by atoms with Crippen LogP contribution in [0, 0.1) is 0 Å². The van der Waals surface area contributed by atoms with Gasteiger partial charge in [-0.1, -0.05) is 69.0 Å². The number of ether oxygens (including phenoxy) is 4. The number of aromatic amines is 1. The number of nitrogens with one attached hydrogen (secondary N) is 1. The Morgan fingerprint density at radius 3 is 2.35 bits per heavy atom. The quantitative estimate of drug-likeness (QED) is 0.0453. The number of phosphoric ester groups is 1. The Labute approximate surface area is 373 Å². The lowest BCUT2D eigenvalue weighted by atomic mass is 10.1. The first-order valence-corrected chi connectivity index (χ1v) is 25.8. The van der Waals surface area contributed by atoms with Crippen molar-refractivity contribution in [1.82, 2.24) is 39.0 Å². The number of benzene rings is 1. The zero-order chi connectivity index (χ0) is 45.9. The molecule has 2 bridgehead atoms. The van der Waals surface area contributed by atoms with E-state index in [1.54, 1.807) is 24.3 Å². The lowest BCUT2D eigenvalue weighted by molar-refractivity contribution is -0.134. The molecular formula is C38H48F2N10O12P2S. The van der Waals surface area contributed by atoms with Gasteiger partial charge in [-0.05, 0) is 24.1 Å². The molecule has 7 heterocycles. The summed E-state index contributed by atoms with van der Waals surface area (Å²) in [5, 5.41) is 0. The van der Waals surface area contributed by atoms with Crippen molar-refractivity contribution in [2.24, 2.45) is 0 Å². The van der Waals surface area contributed by atoms with Crippen LogP contribution in [0.4, 0.5) is 20.5 Å². The average molecular weight is 969 g/mol. The van der Waals surface area contributed by atoms with E-state index in [-0.39, 0.29) is 52.2 Å². The highest BCUT2D eigenvalue weighted by Crippen LogP contribution is 2.62. The maximum atomic E-state index is 16.7. The molecule has 6 N–H and O–H groups in total. The number of hydrogen-bond acceptors (Lipinski definition) is 19. The highest BCUT2D eigenvalue weighted by atomic mass is 32.7. The molecule has 0 saturated carbocycles. The molecule has 10 atom stereocenters. The van der Waals surface area contributed by atoms with Gasteiger partial charge in [0.2, 0.25) is 5.95 Å². The number of rotatable bonds is 14. The van der Waals surface area contributed by atoms with Gasteiger partial charge in [-0.3, -0.25) is 37.3 Å². The second-order valence-electron chi connectivity index (χ2n) is 15.6. The minimum atomic E-state index is -5.26. The van der Waals surface area contributed by atoms with E-state index in [1.807, 2.05) is 0 Å². The molecule has 2 unspecified atom stereocenters. The lowest BCUT2D eigenvalue weighted by Gasteiger charge is -2.26. The molecule has 3 saturated heterocycles. The van der Waals surface area contributed by atoms with E-state index in [4.69, 9.17) is 44.0 Å². The molecule has 27 heteroatoms. The van der Waals surface area contributed by atoms with Crippen molar-refractivity contribution < 1.29 is 60.1 Å². The number of nitrogen functional groups attached to an aromatic ring is 2. The van der Waals surface area contributed by atoms with Crippen LogP contribution in [0.15, 0.2) is 48.0 Å². The van der Waals surface area contributed by atoms with Crippen molar-refractivity contribution in [3.63, 3.8) is 0 Å². The number of fused-ring (bicyclic) bond motifs is 5. The molecule has 0 amide bonds. The number of H-pyrrole nitrogens is 1. The molecule has 4 aromatic heterocycles. The average Bonchev–Trinajstić information content (AvgIpc) is 4.05. The number of nitrogens with two attached hydrogens (primary N) is 2. The molecular weight excluding hydrogens is 920 g/mol. The van der Waals surface area contributed by atoms with Gasteiger partial charge in [-0.2, -0.15) is 4.98 Å². The van der Waals surface area contributed by atoms with Crippen molar-refractivity contribution in [3.8, 4) is 5.75 Å². The molecule has 8 rings (SSSR count). The van der Waals surface area contributed by atoms with Crippen LogP contribution < -0.4 is 21.8 Å². The Bertz CT molecular complexity index is 2630. The number of alkyl halides is 2. The molecule has 5 aromatic rings. The van der Waals surface area contributed by atoms with E-state index in [1.165, 1.54) is 30.2 Å². The van der Waals surface area contributed by atoms with Crippen LogP contribution in [-0.2, 0) is 47.5 Å². The van der Waals surface area contributed by atoms with Gasteiger partial charge >= 0.3 is 13.8 Å². The molecule has 1 aromatic carbocycles. The van der Waals surface area contributed by atoms with Crippen LogP contribution in [0.2, 0.25) is 0 Å². The third-order valence-corrected chi connectivity index (χ3v) is 16.1. The summed E-state index contributed by atoms with van der Waals surface area (Å²) in [6, 6.07) is 6.54. The Kier molecular flexibility index (Phi) is 14.6. The van der Waals surface area contributed by atoms with Crippen LogP contribution >= 0.6 is 25.8 Å². The third-order valence-electron chi connectivity index (χ3n) is 11.0. The van der Waals surface area contributed by atoms with Crippen LogP contribution in [0.25, 0.3) is 22.3 Å². The predicted octanol–water partition coefficient (Wildman–Crippen LogP) is 5.64. The van der Waals surface area contributed by atoms with Crippen molar-refractivity contribution in [1.29, 1.82) is 0 Å². The third kappa shape index (κ3) is 10.7. The van der Waals surface area contributed by atoms with Gasteiger partial charge in [-0.15, -0.1) is 0 Å². The monoisotopic (exact) mass is 968 g/mol. The maximum absolute atomic E-state index is 16.7. The van der Waals surface area contributed by atoms with Gasteiger partial charge in [0.15, 0.2) is 47.4 Å². The van der Waals surface area contributed by atoms with Crippen molar-refractivity contribution in [3.05, 3.63) is 59.2 Å². The minimum Gasteiger partial charge on any atom is -0.427 e. The van der Waals surface area contributed by atoms with E-state index in [0.717, 1.165) is 54.3 Å². The topological polar surface area (TPSA) is 295 Å². The van der Waals surface area contributed by atoms with Crippen LogP contribution in [0.3, 0.4) is 0 Å². The fourth-order valence-electron chi connectivity index (χ4n) is 7.67. The van der Waals surface area contributed by atoms with Gasteiger partial charge in [-0.25, -0.2) is 33.3 Å². The Morgan fingerprint density at radius 1 is 0.892 bits per heavy atom. The lowest BCUT2D eigenvalue weighted by Crippen LogP contribution is -2.36. The molecule has 0 radical (unpaired) electrons. The molecule has 22 nitrogen and oxygen atoms in total. The minimum absolute atomic E-state index is 0.0146. The first-order valence-electron chi connectivity index (χ1n) is 20.9. The van der Waals surface area contributed by atoms with Gasteiger partial charge in [0.1, 0.15) is 48.4 Å². The zero-order valence-corrected chi connectivity index (χ0v) is 37.5. The molecule has 352 valence electrons. The molecule has 3 fully saturated rings. The largest absolute Gasteiger partial charge is 0.472 e. The summed E-state index contributed by atoms with van der Waals surface area (Å²) in [5.41, 5.74) is 11.5. The predicted molar refractivity (Wildman–Crippen MR) is 230 cm³/mol. The number of unbranched alkanes of at least 4 members (excludes halogenated alkanes) is 6. The van der Waals surface area contributed by atoms with Crippen molar-refractivity contribution in [2.45, 2.75) is 113 Å². The fraction of sp³-hybridized carbons (Fsp3) is 0.553. The van der Waals surface area contributed by atoms with E-state index in [9.17, 15) is 23.6 Å². The zero-order valence-electron chi connectivity index (χ0n) is 34.9. The first-order chi connectivity index (χ1) is 31.2. The van der Waals surface area contributed by atoms with Crippen LogP contribution in [-0.4, -0.2) is 106 Å². The molecule has 3 aliphatic heterocycles. The number of nitrogens with zero attached hydrogens (tertiary/aromatic N) is 7. The first kappa shape index (κ1) is 47.1. The summed E-state index contributed by atoms with van der Waals surface area (Å²) in [7, 11) is -5.26. The van der Waals surface area contributed by atoms with Gasteiger partial charge < -0.3 is 39.8 Å². The summed E-state index contributed by atoms with van der Waals surface area (Å²) in [4.78, 5) is 58.7. The number of hydrogen-bond donors (Lipinski definition) is 4. The highest BCUT2D eigenvalue weighted by Gasteiger charge is 2.54. The van der Waals surface area contributed by atoms with E-state index < -0.39 is 88.7 Å². The number of imidazole rings is 2. The number of aromatic nitrogens is 8. The standard InChI is InChI=1S/C38H48F2N10O12P2S/c1-2-3-4-5-6-7-8-9-25(51)59-22-12-10-21(11-13-22)16-65-63(53)20-56-30-24(61-36(27(30)40)49-18-45-28-32(41)43-17-44-33(28)49)15-58-64(54,55)62-31-26(39)23(14-57-63)60-37(31)50-19-46-29-34(50)47-38(42)48-35(29)52/h10-13,17-19,23-24,26-27,30-31,36-37H,2-9,14-16,20H2,1H3,(H,54,55)(H2,41,43,44)(H3,42,47,48,52)/t23-,24+,26+,27+,30+,31+,36+,37+,63?/m0/s1. The van der Waals surface area contributed by atoms with E-state index in [2.05, 4.69) is 36.8 Å². The van der Waals surface area contributed by atoms with E-state index >= 15 is 8.78 Å². The highest BCUT2D eigenvalue weighted by molar-refractivity contribution is 8.56. The number of carbonyl (C=O) groups excluding carboxylic acids is 1. The molecule has 3 aliphatic rings. The molecule has 0 aliphatic carbocycles. The smallest absolute Gasteiger partial charge is 0.427 e. The summed E-state index contributed by atoms with van der Waals surface area (Å²) < 4.78 is 104. The van der Waals surface area contributed by atoms with Gasteiger partial charge in [0, 0.05) is 12.2 Å². The summed E-state index contributed by atoms with van der Waals surface area (Å²) in [6.07, 6.45) is -3.67. The number of phosphoric acid groups is 1. The fourth-order valence-corrected chi connectivity index (χ4v) is 11.9. The van der Waals surface area contributed by atoms with Crippen molar-refractivity contribution >= 4 is 65.8 Å². The second kappa shape index (κ2) is 20.2. The number of anilines is 2. The summed E-state index contributed by atoms with van der Waals surface area (Å²) >= 11 is 0.810. The van der Waals surface area contributed by atoms with Crippen LogP contribution in [0.1, 0.15) is 76.3 Å². The Balaban J connectivity index is 1.03. The van der Waals surface area contributed by atoms with Gasteiger partial charge in [0.25, 0.3) is 12.1 Å². The normalized spacial score (nSPS) is 29.8. The maximum Gasteiger partial charge on any atom is 0.472 e. The Morgan fingerprint density at radius 2 is 1.58 bits per heavy atom.